The number of nitrogens with zero attached hydrogens (tertiary/aromatic N) is 2. The van der Waals surface area contributed by atoms with Crippen LogP contribution in [0.5, 0.6) is 5.75 Å². The summed E-state index contributed by atoms with van der Waals surface area (Å²) in [6.07, 6.45) is 1.60. The van der Waals surface area contributed by atoms with Crippen LogP contribution in [0.15, 0.2) is 30.6 Å². The van der Waals surface area contributed by atoms with Gasteiger partial charge in [0.05, 0.1) is 13.5 Å². The summed E-state index contributed by atoms with van der Waals surface area (Å²) in [5.41, 5.74) is 0.876. The summed E-state index contributed by atoms with van der Waals surface area (Å²) < 4.78 is 5.08. The summed E-state index contributed by atoms with van der Waals surface area (Å²) >= 11 is 0. The molecule has 1 aromatic heterocycles. The minimum absolute atomic E-state index is 0.157. The molecule has 0 spiro atoms. The molecule has 0 bridgehead atoms. The molecular formula is C11H12N4O2. The maximum atomic E-state index is 11.6. The van der Waals surface area contributed by atoms with Crippen LogP contribution >= 0.6 is 0 Å². The van der Waals surface area contributed by atoms with E-state index in [1.807, 2.05) is 24.3 Å². The van der Waals surface area contributed by atoms with Crippen molar-refractivity contribution in [3.63, 3.8) is 0 Å². The Morgan fingerprint density at radius 3 is 3.12 bits per heavy atom. The Hall–Kier alpha value is -2.37. The highest BCUT2D eigenvalue weighted by Crippen LogP contribution is 2.13. The summed E-state index contributed by atoms with van der Waals surface area (Å²) in [7, 11) is 1.59. The minimum atomic E-state index is -0.157. The second-order valence-corrected chi connectivity index (χ2v) is 3.41. The van der Waals surface area contributed by atoms with E-state index in [1.54, 1.807) is 7.11 Å². The van der Waals surface area contributed by atoms with Crippen molar-refractivity contribution in [1.82, 2.24) is 15.2 Å². The Balaban J connectivity index is 1.98. The van der Waals surface area contributed by atoms with E-state index in [2.05, 4.69) is 20.5 Å². The Bertz CT molecular complexity index is 496. The van der Waals surface area contributed by atoms with Gasteiger partial charge in [-0.2, -0.15) is 10.1 Å². The molecule has 1 aromatic carbocycles. The van der Waals surface area contributed by atoms with Crippen LogP contribution in [-0.4, -0.2) is 28.2 Å². The molecule has 2 aromatic rings. The maximum absolute atomic E-state index is 11.6. The number of rotatable bonds is 4. The number of nitrogens with one attached hydrogen (secondary N) is 2. The zero-order valence-corrected chi connectivity index (χ0v) is 9.30. The summed E-state index contributed by atoms with van der Waals surface area (Å²) in [4.78, 5) is 15.4. The lowest BCUT2D eigenvalue weighted by Crippen LogP contribution is -2.15. The molecule has 0 atom stereocenters. The molecule has 1 amide bonds. The largest absolute Gasteiger partial charge is 0.497 e. The van der Waals surface area contributed by atoms with Crippen molar-refractivity contribution in [2.75, 3.05) is 12.4 Å². The molecule has 0 aliphatic heterocycles. The van der Waals surface area contributed by atoms with Crippen molar-refractivity contribution in [1.29, 1.82) is 0 Å². The van der Waals surface area contributed by atoms with Gasteiger partial charge >= 0.3 is 0 Å². The van der Waals surface area contributed by atoms with Crippen LogP contribution in [0.4, 0.5) is 5.95 Å². The molecule has 0 saturated carbocycles. The second-order valence-electron chi connectivity index (χ2n) is 3.41. The summed E-state index contributed by atoms with van der Waals surface area (Å²) in [6.45, 7) is 0. The fourth-order valence-electron chi connectivity index (χ4n) is 1.41. The van der Waals surface area contributed by atoms with Gasteiger partial charge in [0.2, 0.25) is 11.9 Å². The third kappa shape index (κ3) is 3.04. The number of hydrogen-bond donors (Lipinski definition) is 2. The smallest absolute Gasteiger partial charge is 0.231 e. The highest BCUT2D eigenvalue weighted by molar-refractivity contribution is 5.90. The minimum Gasteiger partial charge on any atom is -0.497 e. The van der Waals surface area contributed by atoms with Gasteiger partial charge < -0.3 is 4.74 Å². The molecule has 0 radical (unpaired) electrons. The molecule has 1 heterocycles. The van der Waals surface area contributed by atoms with Crippen molar-refractivity contribution >= 4 is 11.9 Å². The number of anilines is 1. The Morgan fingerprint density at radius 1 is 1.53 bits per heavy atom. The first kappa shape index (κ1) is 11.1. The Kier molecular flexibility index (Phi) is 3.34. The first-order valence-electron chi connectivity index (χ1n) is 5.06. The van der Waals surface area contributed by atoms with Crippen molar-refractivity contribution in [2.24, 2.45) is 0 Å². The molecule has 2 N–H and O–H groups in total. The van der Waals surface area contributed by atoms with Gasteiger partial charge in [0.25, 0.3) is 0 Å². The van der Waals surface area contributed by atoms with E-state index < -0.39 is 0 Å². The van der Waals surface area contributed by atoms with E-state index in [0.29, 0.717) is 5.95 Å². The second kappa shape index (κ2) is 5.11. The van der Waals surface area contributed by atoms with Crippen LogP contribution in [0.1, 0.15) is 5.56 Å². The van der Waals surface area contributed by atoms with E-state index in [0.717, 1.165) is 11.3 Å². The number of aromatic amines is 1. The molecule has 0 aliphatic carbocycles. The third-order valence-corrected chi connectivity index (χ3v) is 2.17. The van der Waals surface area contributed by atoms with Crippen LogP contribution in [0.2, 0.25) is 0 Å². The standard InChI is InChI=1S/C11H12N4O2/c1-17-9-4-2-3-8(5-9)6-10(16)14-11-12-7-13-15-11/h2-5,7H,6H2,1H3,(H2,12,13,14,15,16). The molecule has 2 rings (SSSR count). The fraction of sp³-hybridized carbons (Fsp3) is 0.182. The number of carbonyl (C=O) groups is 1. The number of carbonyl (C=O) groups excluding carboxylic acids is 1. The SMILES string of the molecule is COc1cccc(CC(=O)Nc2ncn[nH]2)c1. The molecule has 0 fully saturated rings. The number of benzene rings is 1. The highest BCUT2D eigenvalue weighted by Gasteiger charge is 2.06. The van der Waals surface area contributed by atoms with E-state index in [1.165, 1.54) is 6.33 Å². The number of hydrogen-bond acceptors (Lipinski definition) is 4. The lowest BCUT2D eigenvalue weighted by molar-refractivity contribution is -0.115. The number of amides is 1. The van der Waals surface area contributed by atoms with Gasteiger partial charge in [-0.15, -0.1) is 0 Å². The maximum Gasteiger partial charge on any atom is 0.231 e. The van der Waals surface area contributed by atoms with Crippen LogP contribution in [0.25, 0.3) is 0 Å². The normalized spacial score (nSPS) is 9.94. The molecule has 88 valence electrons. The molecule has 6 heteroatoms. The molecule has 17 heavy (non-hydrogen) atoms. The average molecular weight is 232 g/mol. The quantitative estimate of drug-likeness (QED) is 0.824. The van der Waals surface area contributed by atoms with E-state index in [-0.39, 0.29) is 12.3 Å². The zero-order valence-electron chi connectivity index (χ0n) is 9.30. The van der Waals surface area contributed by atoms with E-state index >= 15 is 0 Å². The predicted octanol–water partition coefficient (Wildman–Crippen LogP) is 0.994. The molecule has 0 saturated heterocycles. The molecular weight excluding hydrogens is 220 g/mol. The van der Waals surface area contributed by atoms with Crippen LogP contribution < -0.4 is 10.1 Å². The molecule has 0 aliphatic rings. The zero-order chi connectivity index (χ0) is 12.1. The van der Waals surface area contributed by atoms with E-state index in [4.69, 9.17) is 4.74 Å². The Morgan fingerprint density at radius 2 is 2.41 bits per heavy atom. The number of methoxy groups -OCH3 is 1. The molecule has 0 unspecified atom stereocenters. The van der Waals surface area contributed by atoms with Crippen molar-refractivity contribution < 1.29 is 9.53 Å². The van der Waals surface area contributed by atoms with Gasteiger partial charge in [0, 0.05) is 0 Å². The van der Waals surface area contributed by atoms with Crippen molar-refractivity contribution in [2.45, 2.75) is 6.42 Å². The van der Waals surface area contributed by atoms with Gasteiger partial charge in [0.15, 0.2) is 0 Å². The monoisotopic (exact) mass is 232 g/mol. The first-order chi connectivity index (χ1) is 8.28. The van der Waals surface area contributed by atoms with Gasteiger partial charge in [-0.3, -0.25) is 10.1 Å². The van der Waals surface area contributed by atoms with Crippen LogP contribution in [0, 0.1) is 0 Å². The number of aromatic nitrogens is 3. The van der Waals surface area contributed by atoms with Crippen molar-refractivity contribution in [3.8, 4) is 5.75 Å². The van der Waals surface area contributed by atoms with Crippen LogP contribution in [0.3, 0.4) is 0 Å². The van der Waals surface area contributed by atoms with Gasteiger partial charge in [-0.25, -0.2) is 5.10 Å². The average Bonchev–Trinajstić information content (AvgIpc) is 2.82. The fourth-order valence-corrected chi connectivity index (χ4v) is 1.41. The lowest BCUT2D eigenvalue weighted by Gasteiger charge is -2.04. The summed E-state index contributed by atoms with van der Waals surface area (Å²) in [6, 6.07) is 7.36. The molecule has 6 nitrogen and oxygen atoms in total. The van der Waals surface area contributed by atoms with Gasteiger partial charge in [-0.05, 0) is 17.7 Å². The van der Waals surface area contributed by atoms with Crippen molar-refractivity contribution in [3.05, 3.63) is 36.2 Å². The summed E-state index contributed by atoms with van der Waals surface area (Å²) in [5, 5.41) is 8.80. The topological polar surface area (TPSA) is 79.9 Å². The van der Waals surface area contributed by atoms with Gasteiger partial charge in [0.1, 0.15) is 12.1 Å². The predicted molar refractivity (Wildman–Crippen MR) is 61.7 cm³/mol. The first-order valence-corrected chi connectivity index (χ1v) is 5.06. The number of H-pyrrole nitrogens is 1. The summed E-state index contributed by atoms with van der Waals surface area (Å²) in [5.74, 6) is 0.919. The van der Waals surface area contributed by atoms with E-state index in [9.17, 15) is 4.79 Å². The van der Waals surface area contributed by atoms with Crippen LogP contribution in [-0.2, 0) is 11.2 Å². The Labute approximate surface area is 98.0 Å². The van der Waals surface area contributed by atoms with Gasteiger partial charge in [-0.1, -0.05) is 12.1 Å². The third-order valence-electron chi connectivity index (χ3n) is 2.17. The lowest BCUT2D eigenvalue weighted by atomic mass is 10.1. The number of ether oxygens (including phenoxy) is 1. The highest BCUT2D eigenvalue weighted by atomic mass is 16.5.